The number of thiazole rings is 1. The Morgan fingerprint density at radius 2 is 1.96 bits per heavy atom. The number of benzene rings is 1. The van der Waals surface area contributed by atoms with Crippen molar-refractivity contribution in [2.45, 2.75) is 18.9 Å². The summed E-state index contributed by atoms with van der Waals surface area (Å²) in [6, 6.07) is 6.01. The number of nitrogens with one attached hydrogen (secondary N) is 1. The van der Waals surface area contributed by atoms with E-state index in [1.807, 2.05) is 35.5 Å². The largest absolute Gasteiger partial charge is 0.454 e. The molecule has 1 fully saturated rings. The van der Waals surface area contributed by atoms with Crippen LogP contribution in [0.1, 0.15) is 23.3 Å². The Labute approximate surface area is 168 Å². The molecule has 2 aliphatic rings. The molecule has 1 aromatic heterocycles. The van der Waals surface area contributed by atoms with Gasteiger partial charge >= 0.3 is 0 Å². The minimum Gasteiger partial charge on any atom is -0.454 e. The van der Waals surface area contributed by atoms with E-state index >= 15 is 0 Å². The predicted octanol–water partition coefficient (Wildman–Crippen LogP) is 3.21. The van der Waals surface area contributed by atoms with E-state index in [0.29, 0.717) is 5.69 Å². The second-order valence-corrected chi connectivity index (χ2v) is 6.86. The fraction of sp³-hybridized carbons (Fsp3) is 0.412. The van der Waals surface area contributed by atoms with Gasteiger partial charge in [-0.25, -0.2) is 4.98 Å². The Kier molecular flexibility index (Phi) is 7.11. The molecule has 2 aliphatic heterocycles. The second kappa shape index (κ2) is 8.90. The van der Waals surface area contributed by atoms with E-state index in [9.17, 15) is 4.79 Å². The highest BCUT2D eigenvalue weighted by Crippen LogP contribution is 2.36. The fourth-order valence-corrected chi connectivity index (χ4v) is 3.87. The van der Waals surface area contributed by atoms with Crippen molar-refractivity contribution in [1.82, 2.24) is 15.2 Å². The van der Waals surface area contributed by atoms with Gasteiger partial charge in [0.2, 0.25) is 6.79 Å². The number of hydrogen-bond acceptors (Lipinski definition) is 6. The van der Waals surface area contributed by atoms with Crippen LogP contribution < -0.4 is 14.8 Å². The number of carbonyl (C=O) groups is 1. The number of halogens is 2. The normalized spacial score (nSPS) is 15.7. The van der Waals surface area contributed by atoms with E-state index in [2.05, 4.69) is 10.3 Å². The third kappa shape index (κ3) is 4.06. The van der Waals surface area contributed by atoms with Crippen molar-refractivity contribution < 1.29 is 14.3 Å². The summed E-state index contributed by atoms with van der Waals surface area (Å²) in [6.45, 7) is 2.17. The Morgan fingerprint density at radius 1 is 1.23 bits per heavy atom. The fourth-order valence-electron chi connectivity index (χ4n) is 3.07. The molecule has 0 radical (unpaired) electrons. The minimum absolute atomic E-state index is 0. The Morgan fingerprint density at radius 3 is 2.73 bits per heavy atom. The van der Waals surface area contributed by atoms with E-state index in [0.717, 1.165) is 48.0 Å². The average molecular weight is 418 g/mol. The number of amides is 1. The van der Waals surface area contributed by atoms with Crippen LogP contribution in [0.4, 0.5) is 0 Å². The maximum atomic E-state index is 12.7. The quantitative estimate of drug-likeness (QED) is 0.830. The molecule has 3 heterocycles. The number of rotatable bonds is 3. The first-order valence-corrected chi connectivity index (χ1v) is 8.94. The van der Waals surface area contributed by atoms with Crippen LogP contribution in [0.15, 0.2) is 23.6 Å². The standard InChI is InChI=1S/C17H19N3O3S.2ClH/c1-20(12-4-6-18-7-5-12)17(21)13-9-24-16(19-13)11-2-3-14-15(8-11)23-10-22-14;;/h2-3,8-9,12,18H,4-7,10H2,1H3;2*1H. The summed E-state index contributed by atoms with van der Waals surface area (Å²) in [5, 5.41) is 5.97. The van der Waals surface area contributed by atoms with Crippen LogP contribution in [-0.2, 0) is 0 Å². The van der Waals surface area contributed by atoms with Crippen molar-refractivity contribution >= 4 is 42.1 Å². The zero-order chi connectivity index (χ0) is 16.5. The zero-order valence-electron chi connectivity index (χ0n) is 14.3. The number of nitrogens with zero attached hydrogens (tertiary/aromatic N) is 2. The number of aromatic nitrogens is 1. The molecule has 0 spiro atoms. The molecule has 0 unspecified atom stereocenters. The summed E-state index contributed by atoms with van der Waals surface area (Å²) in [7, 11) is 1.87. The van der Waals surface area contributed by atoms with Crippen LogP contribution in [0.5, 0.6) is 11.5 Å². The first-order valence-electron chi connectivity index (χ1n) is 8.06. The van der Waals surface area contributed by atoms with Gasteiger partial charge < -0.3 is 19.7 Å². The third-order valence-corrected chi connectivity index (χ3v) is 5.41. The SMILES string of the molecule is CN(C(=O)c1csc(-c2ccc3c(c2)OCO3)n1)C1CCNCC1.Cl.Cl. The molecule has 1 aromatic carbocycles. The van der Waals surface area contributed by atoms with Crippen molar-refractivity contribution in [3.8, 4) is 22.1 Å². The van der Waals surface area contributed by atoms with E-state index in [4.69, 9.17) is 9.47 Å². The second-order valence-electron chi connectivity index (χ2n) is 6.00. The topological polar surface area (TPSA) is 63.7 Å². The van der Waals surface area contributed by atoms with E-state index < -0.39 is 0 Å². The lowest BCUT2D eigenvalue weighted by Gasteiger charge is -2.31. The van der Waals surface area contributed by atoms with Crippen LogP contribution in [0.2, 0.25) is 0 Å². The number of piperidine rings is 1. The maximum absolute atomic E-state index is 12.7. The Bertz CT molecular complexity index is 765. The van der Waals surface area contributed by atoms with Gasteiger partial charge in [-0.05, 0) is 44.1 Å². The Balaban J connectivity index is 0.00000121. The highest BCUT2D eigenvalue weighted by atomic mass is 35.5. The van der Waals surface area contributed by atoms with Gasteiger partial charge in [0.15, 0.2) is 11.5 Å². The third-order valence-electron chi connectivity index (χ3n) is 4.52. The Hall–Kier alpha value is -1.54. The molecule has 9 heteroatoms. The zero-order valence-corrected chi connectivity index (χ0v) is 16.7. The maximum Gasteiger partial charge on any atom is 0.273 e. The molecule has 0 aliphatic carbocycles. The van der Waals surface area contributed by atoms with Gasteiger partial charge in [0.25, 0.3) is 5.91 Å². The summed E-state index contributed by atoms with van der Waals surface area (Å²) in [4.78, 5) is 19.1. The number of fused-ring (bicyclic) bond motifs is 1. The van der Waals surface area contributed by atoms with Crippen molar-refractivity contribution in [3.63, 3.8) is 0 Å². The van der Waals surface area contributed by atoms with E-state index in [-0.39, 0.29) is 43.6 Å². The molecule has 0 saturated carbocycles. The molecule has 2 aromatic rings. The molecule has 26 heavy (non-hydrogen) atoms. The molecule has 142 valence electrons. The van der Waals surface area contributed by atoms with Crippen LogP contribution in [0.3, 0.4) is 0 Å². The number of carbonyl (C=O) groups excluding carboxylic acids is 1. The van der Waals surface area contributed by atoms with Gasteiger partial charge in [0, 0.05) is 24.0 Å². The molecule has 1 saturated heterocycles. The van der Waals surface area contributed by atoms with Gasteiger partial charge in [-0.15, -0.1) is 36.2 Å². The predicted molar refractivity (Wildman–Crippen MR) is 106 cm³/mol. The van der Waals surface area contributed by atoms with E-state index in [1.165, 1.54) is 11.3 Å². The molecule has 0 atom stereocenters. The minimum atomic E-state index is -0.00913. The molecule has 4 rings (SSSR count). The molecule has 1 amide bonds. The van der Waals surface area contributed by atoms with Crippen molar-refractivity contribution in [3.05, 3.63) is 29.3 Å². The lowest BCUT2D eigenvalue weighted by atomic mass is 10.1. The van der Waals surface area contributed by atoms with Crippen LogP contribution in [0, 0.1) is 0 Å². The molecular formula is C17H21Cl2N3O3S. The van der Waals surface area contributed by atoms with Crippen LogP contribution >= 0.6 is 36.2 Å². The summed E-state index contributed by atoms with van der Waals surface area (Å²) < 4.78 is 10.7. The first kappa shape index (κ1) is 20.8. The van der Waals surface area contributed by atoms with Crippen molar-refractivity contribution in [2.24, 2.45) is 0 Å². The summed E-state index contributed by atoms with van der Waals surface area (Å²) in [5.74, 6) is 1.46. The summed E-state index contributed by atoms with van der Waals surface area (Å²) in [5.41, 5.74) is 1.45. The number of ether oxygens (including phenoxy) is 2. The van der Waals surface area contributed by atoms with Gasteiger partial charge in [-0.1, -0.05) is 0 Å². The monoisotopic (exact) mass is 417 g/mol. The highest BCUT2D eigenvalue weighted by molar-refractivity contribution is 7.13. The highest BCUT2D eigenvalue weighted by Gasteiger charge is 2.25. The van der Waals surface area contributed by atoms with Crippen LogP contribution in [0.25, 0.3) is 10.6 Å². The first-order chi connectivity index (χ1) is 11.7. The average Bonchev–Trinajstić information content (AvgIpc) is 3.29. The lowest BCUT2D eigenvalue weighted by molar-refractivity contribution is 0.0698. The van der Waals surface area contributed by atoms with Gasteiger partial charge in [0.05, 0.1) is 0 Å². The van der Waals surface area contributed by atoms with E-state index in [1.54, 1.807) is 0 Å². The van der Waals surface area contributed by atoms with Crippen molar-refractivity contribution in [2.75, 3.05) is 26.9 Å². The molecule has 1 N–H and O–H groups in total. The van der Waals surface area contributed by atoms with Gasteiger partial charge in [-0.2, -0.15) is 0 Å². The van der Waals surface area contributed by atoms with Crippen molar-refractivity contribution in [1.29, 1.82) is 0 Å². The smallest absolute Gasteiger partial charge is 0.273 e. The number of hydrogen-bond donors (Lipinski definition) is 1. The van der Waals surface area contributed by atoms with Gasteiger partial charge in [-0.3, -0.25) is 4.79 Å². The van der Waals surface area contributed by atoms with Crippen LogP contribution in [-0.4, -0.2) is 48.8 Å². The molecular weight excluding hydrogens is 397 g/mol. The summed E-state index contributed by atoms with van der Waals surface area (Å²) in [6.07, 6.45) is 1.97. The van der Waals surface area contributed by atoms with Gasteiger partial charge in [0.1, 0.15) is 10.7 Å². The molecule has 0 bridgehead atoms. The molecule has 6 nitrogen and oxygen atoms in total. The lowest BCUT2D eigenvalue weighted by Crippen LogP contribution is -2.44. The summed E-state index contributed by atoms with van der Waals surface area (Å²) >= 11 is 1.47.